The van der Waals surface area contributed by atoms with Crippen LogP contribution in [0.3, 0.4) is 0 Å². The smallest absolute Gasteiger partial charge is 0.338 e. The van der Waals surface area contributed by atoms with Crippen molar-refractivity contribution in [3.63, 3.8) is 0 Å². The summed E-state index contributed by atoms with van der Waals surface area (Å²) >= 11 is 0. The molecule has 0 saturated carbocycles. The Morgan fingerprint density at radius 2 is 1.62 bits per heavy atom. The van der Waals surface area contributed by atoms with E-state index in [1.54, 1.807) is 12.1 Å². The molecule has 0 spiro atoms. The van der Waals surface area contributed by atoms with Crippen LogP contribution < -0.4 is 4.74 Å². The van der Waals surface area contributed by atoms with Crippen molar-refractivity contribution < 1.29 is 19.0 Å². The summed E-state index contributed by atoms with van der Waals surface area (Å²) in [6.07, 6.45) is 4.61. The molecule has 0 aromatic heterocycles. The van der Waals surface area contributed by atoms with E-state index in [-0.39, 0.29) is 18.4 Å². The Kier molecular flexibility index (Phi) is 7.57. The third-order valence-electron chi connectivity index (χ3n) is 5.70. The van der Waals surface area contributed by atoms with Crippen LogP contribution in [0.5, 0.6) is 5.75 Å². The van der Waals surface area contributed by atoms with Gasteiger partial charge in [-0.15, -0.1) is 0 Å². The zero-order valence-corrected chi connectivity index (χ0v) is 18.5. The number of aryl methyl sites for hydroxylation is 1. The van der Waals surface area contributed by atoms with Crippen molar-refractivity contribution in [3.8, 4) is 16.9 Å². The van der Waals surface area contributed by atoms with E-state index in [0.29, 0.717) is 5.56 Å². The van der Waals surface area contributed by atoms with E-state index in [4.69, 9.17) is 14.2 Å². The van der Waals surface area contributed by atoms with Crippen LogP contribution in [-0.4, -0.2) is 25.0 Å². The van der Waals surface area contributed by atoms with Crippen LogP contribution >= 0.6 is 0 Å². The molecule has 0 bridgehead atoms. The molecule has 4 heteroatoms. The second-order valence-corrected chi connectivity index (χ2v) is 8.26. The van der Waals surface area contributed by atoms with Gasteiger partial charge in [-0.3, -0.25) is 0 Å². The largest absolute Gasteiger partial charge is 0.465 e. The Hall–Kier alpha value is -3.11. The molecule has 4 nitrogen and oxygen atoms in total. The van der Waals surface area contributed by atoms with E-state index in [1.807, 2.05) is 37.3 Å². The van der Waals surface area contributed by atoms with Crippen molar-refractivity contribution in [3.05, 3.63) is 90.0 Å². The van der Waals surface area contributed by atoms with Crippen LogP contribution in [-0.2, 0) is 15.9 Å². The monoisotopic (exact) mass is 430 g/mol. The summed E-state index contributed by atoms with van der Waals surface area (Å²) in [6.45, 7) is 2.72. The zero-order chi connectivity index (χ0) is 22.2. The number of esters is 1. The highest BCUT2D eigenvalue weighted by atomic mass is 16.7. The molecular formula is C28H30O4. The van der Waals surface area contributed by atoms with Crippen LogP contribution in [0.2, 0.25) is 0 Å². The summed E-state index contributed by atoms with van der Waals surface area (Å²) in [4.78, 5) is 12.2. The molecule has 4 rings (SSSR count). The topological polar surface area (TPSA) is 44.8 Å². The maximum absolute atomic E-state index is 12.2. The molecule has 1 fully saturated rings. The summed E-state index contributed by atoms with van der Waals surface area (Å²) in [6, 6.07) is 25.8. The van der Waals surface area contributed by atoms with Gasteiger partial charge in [-0.25, -0.2) is 4.79 Å². The fourth-order valence-corrected chi connectivity index (χ4v) is 3.80. The molecule has 2 unspecified atom stereocenters. The highest BCUT2D eigenvalue weighted by molar-refractivity contribution is 5.89. The Labute approximate surface area is 190 Å². The van der Waals surface area contributed by atoms with Crippen LogP contribution in [0.4, 0.5) is 0 Å². The van der Waals surface area contributed by atoms with Gasteiger partial charge in [0.15, 0.2) is 6.29 Å². The average molecular weight is 431 g/mol. The number of benzene rings is 3. The maximum atomic E-state index is 12.2. The minimum atomic E-state index is -0.268. The summed E-state index contributed by atoms with van der Waals surface area (Å²) in [7, 11) is 0. The number of carbonyl (C=O) groups is 1. The SMILES string of the molecule is CC(CCc1ccc(-c2ccc(OC3CCCCO3)cc2)cc1)OC(=O)c1ccccc1. The van der Waals surface area contributed by atoms with Crippen molar-refractivity contribution in [2.24, 2.45) is 0 Å². The second-order valence-electron chi connectivity index (χ2n) is 8.26. The lowest BCUT2D eigenvalue weighted by molar-refractivity contribution is -0.105. The Bertz CT molecular complexity index is 974. The number of ether oxygens (including phenoxy) is 3. The van der Waals surface area contributed by atoms with Crippen molar-refractivity contribution in [1.29, 1.82) is 0 Å². The van der Waals surface area contributed by atoms with Gasteiger partial charge >= 0.3 is 5.97 Å². The Balaban J connectivity index is 1.26. The van der Waals surface area contributed by atoms with Gasteiger partial charge in [0, 0.05) is 6.42 Å². The van der Waals surface area contributed by atoms with E-state index in [2.05, 4.69) is 36.4 Å². The lowest BCUT2D eigenvalue weighted by Crippen LogP contribution is -2.24. The van der Waals surface area contributed by atoms with Gasteiger partial charge in [0.2, 0.25) is 0 Å². The lowest BCUT2D eigenvalue weighted by Gasteiger charge is -2.23. The predicted octanol–water partition coefficient (Wildman–Crippen LogP) is 6.44. The average Bonchev–Trinajstić information content (AvgIpc) is 2.85. The normalized spacial score (nSPS) is 16.8. The molecular weight excluding hydrogens is 400 g/mol. The first-order chi connectivity index (χ1) is 15.7. The second kappa shape index (κ2) is 11.0. The van der Waals surface area contributed by atoms with Crippen LogP contribution in [0.25, 0.3) is 11.1 Å². The van der Waals surface area contributed by atoms with Gasteiger partial charge in [-0.1, -0.05) is 54.6 Å². The predicted molar refractivity (Wildman–Crippen MR) is 126 cm³/mol. The molecule has 3 aromatic rings. The van der Waals surface area contributed by atoms with E-state index in [0.717, 1.165) is 55.6 Å². The van der Waals surface area contributed by atoms with Gasteiger partial charge in [0.1, 0.15) is 5.75 Å². The lowest BCUT2D eigenvalue weighted by atomic mass is 10.0. The van der Waals surface area contributed by atoms with Gasteiger partial charge in [0.25, 0.3) is 0 Å². The minimum absolute atomic E-state index is 0.122. The van der Waals surface area contributed by atoms with Crippen molar-refractivity contribution in [2.75, 3.05) is 6.61 Å². The van der Waals surface area contributed by atoms with Crippen molar-refractivity contribution in [1.82, 2.24) is 0 Å². The van der Waals surface area contributed by atoms with Crippen LogP contribution in [0.15, 0.2) is 78.9 Å². The Morgan fingerprint density at radius 1 is 0.938 bits per heavy atom. The van der Waals surface area contributed by atoms with E-state index in [1.165, 1.54) is 5.56 Å². The molecule has 1 aliphatic rings. The minimum Gasteiger partial charge on any atom is -0.465 e. The number of hydrogen-bond acceptors (Lipinski definition) is 4. The Morgan fingerprint density at radius 3 is 2.28 bits per heavy atom. The molecule has 2 atom stereocenters. The molecule has 32 heavy (non-hydrogen) atoms. The van der Waals surface area contributed by atoms with Gasteiger partial charge in [-0.2, -0.15) is 0 Å². The van der Waals surface area contributed by atoms with Crippen LogP contribution in [0, 0.1) is 0 Å². The first kappa shape index (κ1) is 22.1. The van der Waals surface area contributed by atoms with E-state index >= 15 is 0 Å². The molecule has 0 aliphatic carbocycles. The van der Waals surface area contributed by atoms with Crippen LogP contribution in [0.1, 0.15) is 48.5 Å². The highest BCUT2D eigenvalue weighted by Crippen LogP contribution is 2.25. The molecule has 0 amide bonds. The number of hydrogen-bond donors (Lipinski definition) is 0. The number of carbonyl (C=O) groups excluding carboxylic acids is 1. The highest BCUT2D eigenvalue weighted by Gasteiger charge is 2.15. The first-order valence-electron chi connectivity index (χ1n) is 11.4. The van der Waals surface area contributed by atoms with E-state index in [9.17, 15) is 4.79 Å². The van der Waals surface area contributed by atoms with Crippen molar-refractivity contribution >= 4 is 5.97 Å². The zero-order valence-electron chi connectivity index (χ0n) is 18.5. The van der Waals surface area contributed by atoms with Crippen molar-refractivity contribution in [2.45, 2.75) is 51.4 Å². The molecule has 3 aromatic carbocycles. The number of rotatable bonds is 8. The summed E-state index contributed by atoms with van der Waals surface area (Å²) in [5, 5.41) is 0. The first-order valence-corrected chi connectivity index (χ1v) is 11.4. The van der Waals surface area contributed by atoms with Gasteiger partial charge < -0.3 is 14.2 Å². The van der Waals surface area contributed by atoms with E-state index < -0.39 is 0 Å². The summed E-state index contributed by atoms with van der Waals surface area (Å²) in [5.74, 6) is 0.576. The fraction of sp³-hybridized carbons (Fsp3) is 0.321. The third kappa shape index (κ3) is 6.21. The summed E-state index contributed by atoms with van der Waals surface area (Å²) < 4.78 is 17.1. The van der Waals surface area contributed by atoms with Gasteiger partial charge in [0.05, 0.1) is 18.3 Å². The maximum Gasteiger partial charge on any atom is 0.338 e. The molecule has 1 aliphatic heterocycles. The summed E-state index contributed by atoms with van der Waals surface area (Å²) in [5.41, 5.74) is 4.13. The standard InChI is InChI=1S/C28H30O4/c1-21(31-28(29)25-7-3-2-4-8-25)10-11-22-12-14-23(15-13-22)24-16-18-26(19-17-24)32-27-9-5-6-20-30-27/h2-4,7-8,12-19,21,27H,5-6,9-11,20H2,1H3. The quantitative estimate of drug-likeness (QED) is 0.386. The fourth-order valence-electron chi connectivity index (χ4n) is 3.80. The molecule has 166 valence electrons. The molecule has 1 heterocycles. The third-order valence-corrected chi connectivity index (χ3v) is 5.70. The molecule has 0 radical (unpaired) electrons. The molecule has 0 N–H and O–H groups in total. The van der Waals surface area contributed by atoms with Gasteiger partial charge in [-0.05, 0) is 73.6 Å². The molecule has 1 saturated heterocycles.